The van der Waals surface area contributed by atoms with Gasteiger partial charge in [0.2, 0.25) is 0 Å². The Morgan fingerprint density at radius 2 is 1.58 bits per heavy atom. The molecule has 0 radical (unpaired) electrons. The number of furan rings is 1. The number of aliphatic hydroxyl groups is 1. The van der Waals surface area contributed by atoms with Gasteiger partial charge in [0.05, 0.1) is 5.60 Å². The molecule has 0 aliphatic heterocycles. The molecule has 0 atom stereocenters. The molecule has 1 heterocycles. The van der Waals surface area contributed by atoms with Gasteiger partial charge in [-0.15, -0.1) is 0 Å². The summed E-state index contributed by atoms with van der Waals surface area (Å²) >= 11 is 3.47. The van der Waals surface area contributed by atoms with Gasteiger partial charge >= 0.3 is 0 Å². The van der Waals surface area contributed by atoms with Gasteiger partial charge < -0.3 is 9.52 Å². The molecular formula is C21H17BrO2. The molecule has 3 heteroatoms. The fourth-order valence-corrected chi connectivity index (χ4v) is 3.53. The van der Waals surface area contributed by atoms with Crippen molar-refractivity contribution in [3.05, 3.63) is 70.7 Å². The maximum absolute atomic E-state index is 10.8. The van der Waals surface area contributed by atoms with E-state index in [0.717, 1.165) is 43.1 Å². The normalized spacial score (nSPS) is 12.2. The predicted molar refractivity (Wildman–Crippen MR) is 102 cm³/mol. The minimum absolute atomic E-state index is 0.754. The van der Waals surface area contributed by atoms with Crippen molar-refractivity contribution in [2.24, 2.45) is 0 Å². The molecule has 4 aromatic rings. The van der Waals surface area contributed by atoms with E-state index in [2.05, 4.69) is 34.1 Å². The molecule has 3 aromatic carbocycles. The van der Waals surface area contributed by atoms with Gasteiger partial charge in [0.25, 0.3) is 0 Å². The number of benzene rings is 3. The van der Waals surface area contributed by atoms with E-state index < -0.39 is 5.60 Å². The summed E-state index contributed by atoms with van der Waals surface area (Å²) in [6.07, 6.45) is 0. The molecule has 0 spiro atoms. The molecule has 0 amide bonds. The Hall–Kier alpha value is -2.10. The van der Waals surface area contributed by atoms with E-state index in [1.807, 2.05) is 42.5 Å². The largest absolute Gasteiger partial charge is 0.456 e. The van der Waals surface area contributed by atoms with Crippen LogP contribution in [0.25, 0.3) is 33.1 Å². The van der Waals surface area contributed by atoms with Crippen molar-refractivity contribution in [3.63, 3.8) is 0 Å². The lowest BCUT2D eigenvalue weighted by Gasteiger charge is -2.22. The smallest absolute Gasteiger partial charge is 0.142 e. The van der Waals surface area contributed by atoms with E-state index in [-0.39, 0.29) is 0 Å². The highest BCUT2D eigenvalue weighted by atomic mass is 79.9. The average molecular weight is 381 g/mol. The Kier molecular flexibility index (Phi) is 3.52. The topological polar surface area (TPSA) is 33.4 Å². The van der Waals surface area contributed by atoms with E-state index in [0.29, 0.717) is 0 Å². The van der Waals surface area contributed by atoms with Gasteiger partial charge in [-0.1, -0.05) is 52.3 Å². The lowest BCUT2D eigenvalue weighted by molar-refractivity contribution is 0.0798. The lowest BCUT2D eigenvalue weighted by Crippen LogP contribution is -2.17. The fraction of sp³-hybridized carbons (Fsp3) is 0.143. The van der Waals surface area contributed by atoms with Crippen molar-refractivity contribution < 1.29 is 9.52 Å². The van der Waals surface area contributed by atoms with Crippen molar-refractivity contribution in [2.75, 3.05) is 0 Å². The first-order chi connectivity index (χ1) is 11.4. The van der Waals surface area contributed by atoms with Gasteiger partial charge in [-0.05, 0) is 49.2 Å². The molecule has 24 heavy (non-hydrogen) atoms. The third-order valence-electron chi connectivity index (χ3n) is 4.31. The molecule has 0 unspecified atom stereocenters. The monoisotopic (exact) mass is 380 g/mol. The second kappa shape index (κ2) is 5.47. The second-order valence-corrected chi connectivity index (χ2v) is 7.44. The van der Waals surface area contributed by atoms with Crippen LogP contribution in [0.15, 0.2) is 69.6 Å². The van der Waals surface area contributed by atoms with E-state index in [9.17, 15) is 5.11 Å². The first kappa shape index (κ1) is 15.4. The summed E-state index contributed by atoms with van der Waals surface area (Å²) < 4.78 is 7.16. The standard InChI is InChI=1S/C21H17BrO2/c1-21(2,23)19-15(13-7-9-14(22)10-8-13)11-12-17-16-5-3-4-6-18(16)24-20(17)19/h3-12,23H,1-2H3. The molecule has 120 valence electrons. The Bertz CT molecular complexity index is 1040. The minimum Gasteiger partial charge on any atom is -0.456 e. The van der Waals surface area contributed by atoms with Crippen molar-refractivity contribution in [1.82, 2.24) is 0 Å². The number of hydrogen-bond donors (Lipinski definition) is 1. The van der Waals surface area contributed by atoms with Crippen molar-refractivity contribution in [3.8, 4) is 11.1 Å². The summed E-state index contributed by atoms with van der Waals surface area (Å²) in [6, 6.07) is 20.2. The zero-order valence-corrected chi connectivity index (χ0v) is 15.1. The molecule has 2 nitrogen and oxygen atoms in total. The highest BCUT2D eigenvalue weighted by molar-refractivity contribution is 9.10. The maximum atomic E-state index is 10.8. The van der Waals surface area contributed by atoms with E-state index in [1.165, 1.54) is 0 Å². The zero-order chi connectivity index (χ0) is 16.9. The predicted octanol–water partition coefficient (Wildman–Crippen LogP) is 6.24. The van der Waals surface area contributed by atoms with E-state index >= 15 is 0 Å². The van der Waals surface area contributed by atoms with Gasteiger partial charge in [-0.25, -0.2) is 0 Å². The Morgan fingerprint density at radius 3 is 2.29 bits per heavy atom. The van der Waals surface area contributed by atoms with Crippen LogP contribution < -0.4 is 0 Å². The molecule has 0 saturated heterocycles. The SMILES string of the molecule is CC(C)(O)c1c(-c2ccc(Br)cc2)ccc2c1oc1ccccc12. The molecule has 0 aliphatic carbocycles. The Labute approximate surface area is 148 Å². The molecule has 4 rings (SSSR count). The van der Waals surface area contributed by atoms with Gasteiger partial charge in [-0.2, -0.15) is 0 Å². The van der Waals surface area contributed by atoms with Gasteiger partial charge in [0, 0.05) is 20.8 Å². The first-order valence-corrected chi connectivity index (χ1v) is 8.67. The second-order valence-electron chi connectivity index (χ2n) is 6.53. The highest BCUT2D eigenvalue weighted by Crippen LogP contribution is 2.41. The zero-order valence-electron chi connectivity index (χ0n) is 13.5. The van der Waals surface area contributed by atoms with Crippen LogP contribution in [0.5, 0.6) is 0 Å². The van der Waals surface area contributed by atoms with Crippen molar-refractivity contribution in [2.45, 2.75) is 19.4 Å². The number of para-hydroxylation sites is 1. The van der Waals surface area contributed by atoms with Crippen LogP contribution in [0.4, 0.5) is 0 Å². The molecule has 1 N–H and O–H groups in total. The third-order valence-corrected chi connectivity index (χ3v) is 4.84. The Balaban J connectivity index is 2.11. The molecule has 0 bridgehead atoms. The van der Waals surface area contributed by atoms with Crippen LogP contribution in [0.2, 0.25) is 0 Å². The summed E-state index contributed by atoms with van der Waals surface area (Å²) in [5.74, 6) is 0. The maximum Gasteiger partial charge on any atom is 0.142 e. The van der Waals surface area contributed by atoms with Crippen molar-refractivity contribution in [1.29, 1.82) is 0 Å². The van der Waals surface area contributed by atoms with Crippen LogP contribution in [-0.4, -0.2) is 5.11 Å². The van der Waals surface area contributed by atoms with Gasteiger partial charge in [0.1, 0.15) is 11.2 Å². The average Bonchev–Trinajstić information content (AvgIpc) is 2.92. The summed E-state index contributed by atoms with van der Waals surface area (Å²) in [4.78, 5) is 0. The quantitative estimate of drug-likeness (QED) is 0.446. The van der Waals surface area contributed by atoms with Crippen LogP contribution in [0.3, 0.4) is 0 Å². The summed E-state index contributed by atoms with van der Waals surface area (Å²) in [7, 11) is 0. The van der Waals surface area contributed by atoms with E-state index in [1.54, 1.807) is 13.8 Å². The lowest BCUT2D eigenvalue weighted by atomic mass is 9.88. The number of halogens is 1. The molecule has 0 saturated carbocycles. The van der Waals surface area contributed by atoms with Gasteiger partial charge in [0.15, 0.2) is 0 Å². The number of rotatable bonds is 2. The Morgan fingerprint density at radius 1 is 0.875 bits per heavy atom. The fourth-order valence-electron chi connectivity index (χ4n) is 3.27. The third kappa shape index (κ3) is 2.45. The molecular weight excluding hydrogens is 364 g/mol. The highest BCUT2D eigenvalue weighted by Gasteiger charge is 2.26. The molecule has 0 fully saturated rings. The molecule has 0 aliphatic rings. The summed E-state index contributed by atoms with van der Waals surface area (Å²) in [5.41, 5.74) is 3.43. The van der Waals surface area contributed by atoms with Crippen LogP contribution >= 0.6 is 15.9 Å². The van der Waals surface area contributed by atoms with Crippen molar-refractivity contribution >= 4 is 37.9 Å². The number of fused-ring (bicyclic) bond motifs is 3. The summed E-state index contributed by atoms with van der Waals surface area (Å²) in [6.45, 7) is 3.61. The first-order valence-electron chi connectivity index (χ1n) is 7.88. The van der Waals surface area contributed by atoms with Gasteiger partial charge in [-0.3, -0.25) is 0 Å². The van der Waals surface area contributed by atoms with Crippen LogP contribution in [0, 0.1) is 0 Å². The van der Waals surface area contributed by atoms with Crippen LogP contribution in [0.1, 0.15) is 19.4 Å². The summed E-state index contributed by atoms with van der Waals surface area (Å²) in [5, 5.41) is 12.9. The van der Waals surface area contributed by atoms with Crippen LogP contribution in [-0.2, 0) is 5.60 Å². The molecule has 1 aromatic heterocycles. The number of hydrogen-bond acceptors (Lipinski definition) is 2. The minimum atomic E-state index is -1.02. The van der Waals surface area contributed by atoms with E-state index in [4.69, 9.17) is 4.42 Å².